The van der Waals surface area contributed by atoms with Crippen molar-refractivity contribution >= 4 is 15.9 Å². The third kappa shape index (κ3) is 4.48. The van der Waals surface area contributed by atoms with Crippen molar-refractivity contribution in [1.29, 1.82) is 0 Å². The lowest BCUT2D eigenvalue weighted by atomic mass is 10.2. The van der Waals surface area contributed by atoms with Gasteiger partial charge in [-0.1, -0.05) is 6.92 Å². The van der Waals surface area contributed by atoms with Gasteiger partial charge >= 0.3 is 0 Å². The van der Waals surface area contributed by atoms with Crippen molar-refractivity contribution in [2.24, 2.45) is 0 Å². The molecule has 0 saturated heterocycles. The van der Waals surface area contributed by atoms with E-state index in [2.05, 4.69) is 28.3 Å². The predicted molar refractivity (Wildman–Crippen MR) is 74.9 cm³/mol. The average Bonchev–Trinajstić information content (AvgIpc) is 2.37. The van der Waals surface area contributed by atoms with Crippen LogP contribution in [-0.4, -0.2) is 20.3 Å². The second-order valence-corrected chi connectivity index (χ2v) is 4.57. The van der Waals surface area contributed by atoms with Gasteiger partial charge in [-0.05, 0) is 47.0 Å². The summed E-state index contributed by atoms with van der Waals surface area (Å²) in [5.41, 5.74) is 3.94. The maximum Gasteiger partial charge on any atom is 0.175 e. The standard InChI is InChI=1S/C13H20BrNO3/c1-4-6-17-13-11(14)7-10(8-12(13)16-3)9-15-18-5-2/h7-8,15H,4-6,9H2,1-3H3. The number of nitrogens with one attached hydrogen (secondary N) is 1. The first-order valence-corrected chi connectivity index (χ1v) is 6.86. The molecule has 0 aliphatic rings. The highest BCUT2D eigenvalue weighted by Gasteiger charge is 2.11. The van der Waals surface area contributed by atoms with Crippen molar-refractivity contribution in [1.82, 2.24) is 5.48 Å². The van der Waals surface area contributed by atoms with E-state index < -0.39 is 0 Å². The first-order valence-electron chi connectivity index (χ1n) is 6.06. The van der Waals surface area contributed by atoms with Crippen LogP contribution < -0.4 is 15.0 Å². The van der Waals surface area contributed by atoms with Gasteiger partial charge in [0.2, 0.25) is 0 Å². The van der Waals surface area contributed by atoms with Crippen LogP contribution >= 0.6 is 15.9 Å². The van der Waals surface area contributed by atoms with Gasteiger partial charge in [0.25, 0.3) is 0 Å². The fraction of sp³-hybridized carbons (Fsp3) is 0.538. The van der Waals surface area contributed by atoms with Crippen molar-refractivity contribution < 1.29 is 14.3 Å². The molecule has 0 fully saturated rings. The Labute approximate surface area is 117 Å². The van der Waals surface area contributed by atoms with Crippen molar-refractivity contribution in [2.75, 3.05) is 20.3 Å². The van der Waals surface area contributed by atoms with E-state index in [1.165, 1.54) is 0 Å². The zero-order valence-corrected chi connectivity index (χ0v) is 12.7. The fourth-order valence-corrected chi connectivity index (χ4v) is 2.06. The van der Waals surface area contributed by atoms with Gasteiger partial charge in [-0.3, -0.25) is 0 Å². The number of methoxy groups -OCH3 is 1. The van der Waals surface area contributed by atoms with Gasteiger partial charge < -0.3 is 14.3 Å². The third-order valence-electron chi connectivity index (χ3n) is 2.26. The summed E-state index contributed by atoms with van der Waals surface area (Å²) in [5, 5.41) is 0. The predicted octanol–water partition coefficient (Wildman–Crippen LogP) is 3.29. The van der Waals surface area contributed by atoms with E-state index in [9.17, 15) is 0 Å². The number of rotatable bonds is 8. The molecular formula is C13H20BrNO3. The van der Waals surface area contributed by atoms with Crippen LogP contribution in [0.1, 0.15) is 25.8 Å². The number of hydrogen-bond donors (Lipinski definition) is 1. The lowest BCUT2D eigenvalue weighted by molar-refractivity contribution is 0.0463. The molecule has 0 aromatic heterocycles. The highest BCUT2D eigenvalue weighted by molar-refractivity contribution is 9.10. The van der Waals surface area contributed by atoms with Crippen LogP contribution in [0.2, 0.25) is 0 Å². The Morgan fingerprint density at radius 3 is 2.67 bits per heavy atom. The summed E-state index contributed by atoms with van der Waals surface area (Å²) in [6, 6.07) is 3.95. The normalized spacial score (nSPS) is 10.4. The summed E-state index contributed by atoms with van der Waals surface area (Å²) in [6.07, 6.45) is 0.962. The molecule has 1 aromatic carbocycles. The summed E-state index contributed by atoms with van der Waals surface area (Å²) in [5.74, 6) is 1.48. The van der Waals surface area contributed by atoms with Gasteiger partial charge in [-0.15, -0.1) is 0 Å². The van der Waals surface area contributed by atoms with Gasteiger partial charge in [0, 0.05) is 6.54 Å². The molecule has 5 heteroatoms. The van der Waals surface area contributed by atoms with Crippen LogP contribution in [0.4, 0.5) is 0 Å². The maximum atomic E-state index is 5.67. The largest absolute Gasteiger partial charge is 0.493 e. The summed E-state index contributed by atoms with van der Waals surface area (Å²) < 4.78 is 11.9. The van der Waals surface area contributed by atoms with E-state index in [1.807, 2.05) is 19.1 Å². The molecule has 1 rings (SSSR count). The number of hydrogen-bond acceptors (Lipinski definition) is 4. The number of benzene rings is 1. The summed E-state index contributed by atoms with van der Waals surface area (Å²) in [7, 11) is 1.64. The minimum Gasteiger partial charge on any atom is -0.493 e. The van der Waals surface area contributed by atoms with Crippen LogP contribution in [0, 0.1) is 0 Å². The van der Waals surface area contributed by atoms with Crippen molar-refractivity contribution in [3.05, 3.63) is 22.2 Å². The minimum absolute atomic E-state index is 0.622. The molecule has 0 aliphatic carbocycles. The highest BCUT2D eigenvalue weighted by atomic mass is 79.9. The van der Waals surface area contributed by atoms with E-state index >= 15 is 0 Å². The van der Waals surface area contributed by atoms with Crippen LogP contribution in [-0.2, 0) is 11.4 Å². The third-order valence-corrected chi connectivity index (χ3v) is 2.85. The van der Waals surface area contributed by atoms with Gasteiger partial charge in [-0.25, -0.2) is 0 Å². The molecular weight excluding hydrogens is 298 g/mol. The topological polar surface area (TPSA) is 39.7 Å². The molecule has 0 atom stereocenters. The molecule has 0 spiro atoms. The molecule has 1 aromatic rings. The van der Waals surface area contributed by atoms with E-state index in [1.54, 1.807) is 7.11 Å². The maximum absolute atomic E-state index is 5.67. The lowest BCUT2D eigenvalue weighted by Crippen LogP contribution is -2.13. The van der Waals surface area contributed by atoms with Crippen molar-refractivity contribution in [3.63, 3.8) is 0 Å². The Balaban J connectivity index is 2.81. The highest BCUT2D eigenvalue weighted by Crippen LogP contribution is 2.36. The first-order chi connectivity index (χ1) is 8.72. The van der Waals surface area contributed by atoms with Crippen LogP contribution in [0.3, 0.4) is 0 Å². The summed E-state index contributed by atoms with van der Waals surface area (Å²) in [4.78, 5) is 5.11. The number of ether oxygens (including phenoxy) is 2. The Hall–Kier alpha value is -0.780. The van der Waals surface area contributed by atoms with Gasteiger partial charge in [0.1, 0.15) is 0 Å². The summed E-state index contributed by atoms with van der Waals surface area (Å²) in [6.45, 7) is 5.93. The first kappa shape index (κ1) is 15.3. The fourth-order valence-electron chi connectivity index (χ4n) is 1.46. The van der Waals surface area contributed by atoms with Gasteiger partial charge in [0.15, 0.2) is 11.5 Å². The Kier molecular flexibility index (Phi) is 7.08. The molecule has 0 heterocycles. The van der Waals surface area contributed by atoms with Gasteiger partial charge in [-0.2, -0.15) is 5.48 Å². The molecule has 18 heavy (non-hydrogen) atoms. The van der Waals surface area contributed by atoms with E-state index in [4.69, 9.17) is 14.3 Å². The number of hydroxylamine groups is 1. The lowest BCUT2D eigenvalue weighted by Gasteiger charge is -2.14. The summed E-state index contributed by atoms with van der Waals surface area (Å²) >= 11 is 3.50. The minimum atomic E-state index is 0.622. The van der Waals surface area contributed by atoms with Crippen LogP contribution in [0.5, 0.6) is 11.5 Å². The quantitative estimate of drug-likeness (QED) is 0.590. The number of halogens is 1. The Morgan fingerprint density at radius 2 is 2.06 bits per heavy atom. The smallest absolute Gasteiger partial charge is 0.175 e. The van der Waals surface area contributed by atoms with Crippen molar-refractivity contribution in [2.45, 2.75) is 26.8 Å². The molecule has 4 nitrogen and oxygen atoms in total. The van der Waals surface area contributed by atoms with E-state index in [0.29, 0.717) is 19.8 Å². The molecule has 0 unspecified atom stereocenters. The monoisotopic (exact) mass is 317 g/mol. The van der Waals surface area contributed by atoms with Crippen molar-refractivity contribution in [3.8, 4) is 11.5 Å². The second-order valence-electron chi connectivity index (χ2n) is 3.71. The van der Waals surface area contributed by atoms with E-state index in [-0.39, 0.29) is 0 Å². The Bertz CT molecular complexity index is 371. The van der Waals surface area contributed by atoms with Crippen LogP contribution in [0.25, 0.3) is 0 Å². The molecule has 0 saturated carbocycles. The second kappa shape index (κ2) is 8.34. The molecule has 102 valence electrons. The zero-order chi connectivity index (χ0) is 13.4. The molecule has 0 amide bonds. The van der Waals surface area contributed by atoms with E-state index in [0.717, 1.165) is 28.0 Å². The molecule has 0 radical (unpaired) electrons. The Morgan fingerprint density at radius 1 is 1.28 bits per heavy atom. The average molecular weight is 318 g/mol. The molecule has 0 bridgehead atoms. The molecule has 1 N–H and O–H groups in total. The van der Waals surface area contributed by atoms with Crippen LogP contribution in [0.15, 0.2) is 16.6 Å². The SMILES string of the molecule is CCCOc1c(Br)cc(CNOCC)cc1OC. The van der Waals surface area contributed by atoms with Gasteiger partial charge in [0.05, 0.1) is 24.8 Å². The zero-order valence-electron chi connectivity index (χ0n) is 11.1. The molecule has 0 aliphatic heterocycles.